The van der Waals surface area contributed by atoms with E-state index < -0.39 is 0 Å². The number of fused-ring (bicyclic) bond motifs is 5. The second-order valence-corrected chi connectivity index (χ2v) is 5.62. The number of para-hydroxylation sites is 1. The Morgan fingerprint density at radius 1 is 1.19 bits per heavy atom. The molecule has 3 heteroatoms. The van der Waals surface area contributed by atoms with Gasteiger partial charge in [0.1, 0.15) is 11.4 Å². The fourth-order valence-electron chi connectivity index (χ4n) is 3.57. The first-order chi connectivity index (χ1) is 10.4. The zero-order chi connectivity index (χ0) is 14.2. The molecule has 0 bridgehead atoms. The fraction of sp³-hybridized carbons (Fsp3) is 0.333. The number of nitrogens with zero attached hydrogens (tertiary/aromatic N) is 1. The smallest absolute Gasteiger partial charge is 0.144 e. The largest absolute Gasteiger partial charge is 0.492 e. The molecule has 0 saturated carbocycles. The van der Waals surface area contributed by atoms with Gasteiger partial charge in [0.15, 0.2) is 0 Å². The molecule has 108 valence electrons. The maximum absolute atomic E-state index is 5.76. The molecule has 2 aliphatic heterocycles. The van der Waals surface area contributed by atoms with Gasteiger partial charge in [0.2, 0.25) is 0 Å². The Kier molecular flexibility index (Phi) is 2.99. The minimum atomic E-state index is 0.430. The van der Waals surface area contributed by atoms with Gasteiger partial charge in [-0.15, -0.1) is 0 Å². The summed E-state index contributed by atoms with van der Waals surface area (Å²) in [6.07, 6.45) is 1.12. The molecule has 0 aromatic heterocycles. The Morgan fingerprint density at radius 2 is 2.10 bits per heavy atom. The lowest BCUT2D eigenvalue weighted by Crippen LogP contribution is -2.42. The predicted octanol–water partition coefficient (Wildman–Crippen LogP) is 3.61. The van der Waals surface area contributed by atoms with E-state index in [2.05, 4.69) is 46.6 Å². The Bertz CT molecular complexity index is 668. The molecule has 0 radical (unpaired) electrons. The van der Waals surface area contributed by atoms with Crippen molar-refractivity contribution in [3.8, 4) is 5.75 Å². The first-order valence-corrected chi connectivity index (χ1v) is 7.72. The van der Waals surface area contributed by atoms with Crippen LogP contribution in [0.4, 0.5) is 11.4 Å². The van der Waals surface area contributed by atoms with Gasteiger partial charge in [-0.1, -0.05) is 30.3 Å². The van der Waals surface area contributed by atoms with E-state index in [0.29, 0.717) is 12.6 Å². The van der Waals surface area contributed by atoms with Crippen LogP contribution in [0.2, 0.25) is 0 Å². The summed E-state index contributed by atoms with van der Waals surface area (Å²) >= 11 is 0. The molecule has 0 fully saturated rings. The number of anilines is 2. The summed E-state index contributed by atoms with van der Waals surface area (Å²) in [6, 6.07) is 15.6. The molecule has 0 aliphatic carbocycles. The third-order valence-electron chi connectivity index (χ3n) is 4.50. The molecule has 2 aromatic carbocycles. The highest BCUT2D eigenvalue weighted by atomic mass is 16.5. The lowest BCUT2D eigenvalue weighted by Gasteiger charge is -2.43. The van der Waals surface area contributed by atoms with E-state index >= 15 is 0 Å². The number of ether oxygens (including phenoxy) is 1. The van der Waals surface area contributed by atoms with Gasteiger partial charge in [0.05, 0.1) is 18.3 Å². The number of nitrogens with one attached hydrogen (secondary N) is 1. The van der Waals surface area contributed by atoms with Crippen LogP contribution in [-0.2, 0) is 6.42 Å². The van der Waals surface area contributed by atoms with Crippen molar-refractivity contribution in [2.24, 2.45) is 0 Å². The molecule has 21 heavy (non-hydrogen) atoms. The lowest BCUT2D eigenvalue weighted by molar-refractivity contribution is 0.341. The van der Waals surface area contributed by atoms with Gasteiger partial charge >= 0.3 is 0 Å². The second kappa shape index (κ2) is 4.99. The van der Waals surface area contributed by atoms with E-state index in [-0.39, 0.29) is 0 Å². The van der Waals surface area contributed by atoms with Gasteiger partial charge in [0.25, 0.3) is 0 Å². The molecule has 0 spiro atoms. The summed E-state index contributed by atoms with van der Waals surface area (Å²) in [4.78, 5) is 2.52. The number of rotatable bonds is 2. The van der Waals surface area contributed by atoms with E-state index in [0.717, 1.165) is 30.9 Å². The second-order valence-electron chi connectivity index (χ2n) is 5.62. The van der Waals surface area contributed by atoms with Crippen LogP contribution in [0.3, 0.4) is 0 Å². The van der Waals surface area contributed by atoms with Crippen LogP contribution in [-0.4, -0.2) is 19.7 Å². The quantitative estimate of drug-likeness (QED) is 0.909. The molecule has 0 amide bonds. The van der Waals surface area contributed by atoms with Gasteiger partial charge in [-0.3, -0.25) is 0 Å². The van der Waals surface area contributed by atoms with Crippen LogP contribution >= 0.6 is 0 Å². The summed E-state index contributed by atoms with van der Waals surface area (Å²) in [7, 11) is 0. The molecule has 4 rings (SSSR count). The van der Waals surface area contributed by atoms with Crippen molar-refractivity contribution in [2.45, 2.75) is 19.4 Å². The summed E-state index contributed by atoms with van der Waals surface area (Å²) in [5.41, 5.74) is 5.37. The Labute approximate surface area is 125 Å². The average Bonchev–Trinajstić information content (AvgIpc) is 2.55. The van der Waals surface area contributed by atoms with E-state index in [4.69, 9.17) is 4.74 Å². The van der Waals surface area contributed by atoms with Crippen molar-refractivity contribution in [3.63, 3.8) is 0 Å². The number of benzene rings is 2. The highest BCUT2D eigenvalue weighted by molar-refractivity contribution is 5.79. The molecule has 2 heterocycles. The predicted molar refractivity (Wildman–Crippen MR) is 86.3 cm³/mol. The Balaban J connectivity index is 1.77. The highest BCUT2D eigenvalue weighted by Gasteiger charge is 2.32. The first-order valence-electron chi connectivity index (χ1n) is 7.72. The molecule has 1 unspecified atom stereocenters. The Morgan fingerprint density at radius 3 is 3.00 bits per heavy atom. The summed E-state index contributed by atoms with van der Waals surface area (Å²) in [6.45, 7) is 4.74. The third kappa shape index (κ3) is 1.96. The van der Waals surface area contributed by atoms with E-state index in [9.17, 15) is 0 Å². The van der Waals surface area contributed by atoms with Crippen molar-refractivity contribution in [2.75, 3.05) is 29.9 Å². The maximum atomic E-state index is 5.76. The van der Waals surface area contributed by atoms with Gasteiger partial charge in [-0.25, -0.2) is 0 Å². The van der Waals surface area contributed by atoms with Crippen LogP contribution in [0.5, 0.6) is 5.75 Å². The topological polar surface area (TPSA) is 24.5 Å². The van der Waals surface area contributed by atoms with Gasteiger partial charge < -0.3 is 15.0 Å². The highest BCUT2D eigenvalue weighted by Crippen LogP contribution is 2.44. The summed E-state index contributed by atoms with van der Waals surface area (Å²) in [5, 5.41) is 3.59. The standard InChI is InChI=1S/C18H20N2O/c1-2-21-17-9-5-8-15-18(17)19-12-16-14-7-4-3-6-13(14)10-11-20(15)16/h3-9,16,19H,2,10-12H2,1H3. The number of hydrogen-bond acceptors (Lipinski definition) is 3. The van der Waals surface area contributed by atoms with E-state index in [1.807, 2.05) is 13.0 Å². The molecule has 1 atom stereocenters. The minimum absolute atomic E-state index is 0.430. The molecule has 2 aliphatic rings. The van der Waals surface area contributed by atoms with Crippen LogP contribution in [0.1, 0.15) is 24.1 Å². The normalized spacial score (nSPS) is 19.1. The van der Waals surface area contributed by atoms with E-state index in [1.54, 1.807) is 0 Å². The van der Waals surface area contributed by atoms with Crippen molar-refractivity contribution < 1.29 is 4.74 Å². The fourth-order valence-corrected chi connectivity index (χ4v) is 3.57. The maximum Gasteiger partial charge on any atom is 0.144 e. The first kappa shape index (κ1) is 12.6. The van der Waals surface area contributed by atoms with Crippen molar-refractivity contribution in [1.82, 2.24) is 0 Å². The van der Waals surface area contributed by atoms with Crippen molar-refractivity contribution >= 4 is 11.4 Å². The minimum Gasteiger partial charge on any atom is -0.492 e. The Hall–Kier alpha value is -2.16. The van der Waals surface area contributed by atoms with Crippen LogP contribution in [0, 0.1) is 0 Å². The zero-order valence-electron chi connectivity index (χ0n) is 12.3. The molecule has 1 N–H and O–H groups in total. The van der Waals surface area contributed by atoms with Crippen LogP contribution in [0.15, 0.2) is 42.5 Å². The molecular weight excluding hydrogens is 260 g/mol. The van der Waals surface area contributed by atoms with Gasteiger partial charge in [0, 0.05) is 13.1 Å². The third-order valence-corrected chi connectivity index (χ3v) is 4.50. The van der Waals surface area contributed by atoms with Crippen LogP contribution in [0.25, 0.3) is 0 Å². The monoisotopic (exact) mass is 280 g/mol. The van der Waals surface area contributed by atoms with Gasteiger partial charge in [-0.05, 0) is 36.6 Å². The van der Waals surface area contributed by atoms with Crippen molar-refractivity contribution in [1.29, 1.82) is 0 Å². The lowest BCUT2D eigenvalue weighted by atomic mass is 9.90. The SMILES string of the molecule is CCOc1cccc2c1NCC1c3ccccc3CCN21. The number of hydrogen-bond donors (Lipinski definition) is 1. The van der Waals surface area contributed by atoms with Crippen LogP contribution < -0.4 is 15.0 Å². The van der Waals surface area contributed by atoms with Gasteiger partial charge in [-0.2, -0.15) is 0 Å². The molecule has 0 saturated heterocycles. The zero-order valence-corrected chi connectivity index (χ0v) is 12.3. The van der Waals surface area contributed by atoms with Crippen molar-refractivity contribution in [3.05, 3.63) is 53.6 Å². The van der Waals surface area contributed by atoms with E-state index in [1.165, 1.54) is 16.8 Å². The summed E-state index contributed by atoms with van der Waals surface area (Å²) in [5.74, 6) is 0.965. The average molecular weight is 280 g/mol. The molecule has 3 nitrogen and oxygen atoms in total. The molecular formula is C18H20N2O. The molecule has 2 aromatic rings. The summed E-state index contributed by atoms with van der Waals surface area (Å²) < 4.78 is 5.76.